The summed E-state index contributed by atoms with van der Waals surface area (Å²) in [5.41, 5.74) is 4.92. The van der Waals surface area contributed by atoms with Gasteiger partial charge in [0.15, 0.2) is 5.69 Å². The molecule has 0 fully saturated rings. The third-order valence-electron chi connectivity index (χ3n) is 5.52. The first-order valence-electron chi connectivity index (χ1n) is 10.9. The van der Waals surface area contributed by atoms with Gasteiger partial charge in [-0.1, -0.05) is 18.2 Å². The lowest BCUT2D eigenvalue weighted by atomic mass is 10.0. The number of carbonyl (C=O) groups is 1. The highest BCUT2D eigenvalue weighted by molar-refractivity contribution is 5.92. The Morgan fingerprint density at radius 2 is 1.82 bits per heavy atom. The fraction of sp³-hybridized carbons (Fsp3) is 0.154. The molecule has 5 aromatic rings. The van der Waals surface area contributed by atoms with Crippen LogP contribution in [0.2, 0.25) is 0 Å². The van der Waals surface area contributed by atoms with Crippen LogP contribution in [0.5, 0.6) is 5.75 Å². The van der Waals surface area contributed by atoms with Crippen molar-refractivity contribution < 1.29 is 14.3 Å². The molecule has 0 bridgehead atoms. The van der Waals surface area contributed by atoms with Crippen LogP contribution in [0.4, 0.5) is 5.82 Å². The maximum absolute atomic E-state index is 12.0. The average Bonchev–Trinajstić information content (AvgIpc) is 3.31. The van der Waals surface area contributed by atoms with E-state index in [4.69, 9.17) is 9.47 Å². The van der Waals surface area contributed by atoms with Gasteiger partial charge in [0, 0.05) is 24.3 Å². The number of hydrogen-bond acceptors (Lipinski definition) is 7. The second-order valence-corrected chi connectivity index (χ2v) is 7.69. The van der Waals surface area contributed by atoms with Crippen molar-refractivity contribution in [3.8, 4) is 16.9 Å². The molecule has 3 heterocycles. The number of anilines is 1. The van der Waals surface area contributed by atoms with Crippen molar-refractivity contribution in [3.63, 3.8) is 0 Å². The van der Waals surface area contributed by atoms with Gasteiger partial charge in [-0.3, -0.25) is 0 Å². The monoisotopic (exact) mass is 453 g/mol. The Bertz CT molecular complexity index is 1480. The molecule has 0 atom stereocenters. The van der Waals surface area contributed by atoms with Crippen LogP contribution in [-0.4, -0.2) is 39.0 Å². The van der Waals surface area contributed by atoms with Crippen LogP contribution in [0, 0.1) is 0 Å². The van der Waals surface area contributed by atoms with Crippen molar-refractivity contribution >= 4 is 28.3 Å². The lowest BCUT2D eigenvalue weighted by Crippen LogP contribution is -2.04. The first kappa shape index (κ1) is 21.4. The molecule has 0 aliphatic rings. The summed E-state index contributed by atoms with van der Waals surface area (Å²) in [7, 11) is 1.65. The highest BCUT2D eigenvalue weighted by atomic mass is 16.5. The molecule has 0 unspecified atom stereocenters. The van der Waals surface area contributed by atoms with Gasteiger partial charge >= 0.3 is 5.97 Å². The molecular formula is C26H23N5O3. The summed E-state index contributed by atoms with van der Waals surface area (Å²) >= 11 is 0. The second kappa shape index (κ2) is 9.19. The largest absolute Gasteiger partial charge is 0.497 e. The van der Waals surface area contributed by atoms with Gasteiger partial charge in [-0.25, -0.2) is 19.7 Å². The Kier molecular flexibility index (Phi) is 5.78. The zero-order valence-electron chi connectivity index (χ0n) is 18.9. The summed E-state index contributed by atoms with van der Waals surface area (Å²) in [5, 5.41) is 4.34. The summed E-state index contributed by atoms with van der Waals surface area (Å²) in [6, 6.07) is 17.8. The number of fused-ring (bicyclic) bond motifs is 2. The van der Waals surface area contributed by atoms with E-state index in [0.29, 0.717) is 18.8 Å². The molecule has 1 N–H and O–H groups in total. The van der Waals surface area contributed by atoms with E-state index in [9.17, 15) is 4.79 Å². The van der Waals surface area contributed by atoms with Crippen LogP contribution in [0.25, 0.3) is 27.7 Å². The number of esters is 1. The number of rotatable bonds is 7. The normalized spacial score (nSPS) is 11.0. The summed E-state index contributed by atoms with van der Waals surface area (Å²) in [6.45, 7) is 2.71. The molecular weight excluding hydrogens is 430 g/mol. The van der Waals surface area contributed by atoms with Gasteiger partial charge in [0.05, 0.1) is 19.2 Å². The predicted molar refractivity (Wildman–Crippen MR) is 130 cm³/mol. The quantitative estimate of drug-likeness (QED) is 0.356. The SMILES string of the molecule is CCOC(=O)c1cn2cc(-c3ccc4ncnc(NCc5ccc(OC)cc5)c4c3)ccc2n1. The number of nitrogens with zero attached hydrogens (tertiary/aromatic N) is 4. The van der Waals surface area contributed by atoms with Gasteiger partial charge in [-0.2, -0.15) is 0 Å². The van der Waals surface area contributed by atoms with Crippen molar-refractivity contribution in [2.75, 3.05) is 19.0 Å². The Morgan fingerprint density at radius 1 is 1.00 bits per heavy atom. The first-order chi connectivity index (χ1) is 16.6. The molecule has 8 nitrogen and oxygen atoms in total. The molecule has 0 radical (unpaired) electrons. The van der Waals surface area contributed by atoms with Crippen molar-refractivity contribution in [2.24, 2.45) is 0 Å². The Balaban J connectivity index is 1.44. The van der Waals surface area contributed by atoms with Gasteiger partial charge in [-0.05, 0) is 60.0 Å². The first-order valence-corrected chi connectivity index (χ1v) is 10.9. The van der Waals surface area contributed by atoms with Crippen LogP contribution < -0.4 is 10.1 Å². The van der Waals surface area contributed by atoms with Crippen LogP contribution in [0.3, 0.4) is 0 Å². The highest BCUT2D eigenvalue weighted by Crippen LogP contribution is 2.28. The van der Waals surface area contributed by atoms with E-state index in [1.807, 2.05) is 59.1 Å². The Hall–Kier alpha value is -4.46. The molecule has 0 aliphatic heterocycles. The molecule has 8 heteroatoms. The number of benzene rings is 2. The Morgan fingerprint density at radius 3 is 2.62 bits per heavy atom. The van der Waals surface area contributed by atoms with E-state index in [-0.39, 0.29) is 5.69 Å². The molecule has 0 saturated carbocycles. The van der Waals surface area contributed by atoms with Gasteiger partial charge in [0.2, 0.25) is 0 Å². The minimum Gasteiger partial charge on any atom is -0.497 e. The standard InChI is InChI=1S/C26H23N5O3/c1-3-34-26(32)23-15-31-14-19(7-11-24(31)30-23)18-6-10-22-21(12-18)25(29-16-28-22)27-13-17-4-8-20(33-2)9-5-17/h4-12,14-16H,3,13H2,1-2H3,(H,27,28,29). The molecule has 170 valence electrons. The van der Waals surface area contributed by atoms with E-state index >= 15 is 0 Å². The predicted octanol–water partition coefficient (Wildman–Crippen LogP) is 4.74. The van der Waals surface area contributed by atoms with E-state index < -0.39 is 5.97 Å². The number of methoxy groups -OCH3 is 1. The lowest BCUT2D eigenvalue weighted by Gasteiger charge is -2.10. The number of nitrogens with one attached hydrogen (secondary N) is 1. The number of aromatic nitrogens is 4. The average molecular weight is 454 g/mol. The van der Waals surface area contributed by atoms with Gasteiger partial charge < -0.3 is 19.2 Å². The summed E-state index contributed by atoms with van der Waals surface area (Å²) in [5.74, 6) is 1.16. The maximum atomic E-state index is 12.0. The van der Waals surface area contributed by atoms with Crippen molar-refractivity contribution in [3.05, 3.63) is 84.6 Å². The van der Waals surface area contributed by atoms with Gasteiger partial charge in [-0.15, -0.1) is 0 Å². The zero-order chi connectivity index (χ0) is 23.5. The Labute approximate surface area is 196 Å². The molecule has 34 heavy (non-hydrogen) atoms. The summed E-state index contributed by atoms with van der Waals surface area (Å²) < 4.78 is 12.1. The number of pyridine rings is 1. The van der Waals surface area contributed by atoms with Crippen LogP contribution in [0.1, 0.15) is 23.0 Å². The lowest BCUT2D eigenvalue weighted by molar-refractivity contribution is 0.0520. The minimum atomic E-state index is -0.428. The third kappa shape index (κ3) is 4.25. The molecule has 2 aromatic carbocycles. The number of hydrogen-bond donors (Lipinski definition) is 1. The van der Waals surface area contributed by atoms with E-state index in [1.54, 1.807) is 26.6 Å². The third-order valence-corrected chi connectivity index (χ3v) is 5.52. The number of imidazole rings is 1. The van der Waals surface area contributed by atoms with Crippen LogP contribution in [0.15, 0.2) is 73.3 Å². The molecule has 0 amide bonds. The van der Waals surface area contributed by atoms with Crippen molar-refractivity contribution in [1.29, 1.82) is 0 Å². The van der Waals surface area contributed by atoms with Gasteiger partial charge in [0.25, 0.3) is 0 Å². The molecule has 3 aromatic heterocycles. The van der Waals surface area contributed by atoms with E-state index in [0.717, 1.165) is 39.2 Å². The summed E-state index contributed by atoms with van der Waals surface area (Å²) in [6.07, 6.45) is 5.19. The van der Waals surface area contributed by atoms with Crippen LogP contribution in [-0.2, 0) is 11.3 Å². The highest BCUT2D eigenvalue weighted by Gasteiger charge is 2.13. The molecule has 5 rings (SSSR count). The number of ether oxygens (including phenoxy) is 2. The topological polar surface area (TPSA) is 90.6 Å². The fourth-order valence-corrected chi connectivity index (χ4v) is 3.77. The van der Waals surface area contributed by atoms with Crippen molar-refractivity contribution in [2.45, 2.75) is 13.5 Å². The molecule has 0 aliphatic carbocycles. The zero-order valence-corrected chi connectivity index (χ0v) is 18.9. The maximum Gasteiger partial charge on any atom is 0.358 e. The van der Waals surface area contributed by atoms with Crippen molar-refractivity contribution in [1.82, 2.24) is 19.4 Å². The van der Waals surface area contributed by atoms with Crippen LogP contribution >= 0.6 is 0 Å². The fourth-order valence-electron chi connectivity index (χ4n) is 3.77. The minimum absolute atomic E-state index is 0.288. The number of carbonyl (C=O) groups excluding carboxylic acids is 1. The summed E-state index contributed by atoms with van der Waals surface area (Å²) in [4.78, 5) is 25.2. The van der Waals surface area contributed by atoms with E-state index in [2.05, 4.69) is 26.3 Å². The smallest absolute Gasteiger partial charge is 0.358 e. The second-order valence-electron chi connectivity index (χ2n) is 7.69. The molecule has 0 spiro atoms. The van der Waals surface area contributed by atoms with E-state index in [1.165, 1.54) is 0 Å². The van der Waals surface area contributed by atoms with Gasteiger partial charge in [0.1, 0.15) is 23.5 Å². The molecule has 0 saturated heterocycles.